The zero-order chi connectivity index (χ0) is 34.6. The first-order chi connectivity index (χ1) is 23.7. The van der Waals surface area contributed by atoms with Crippen LogP contribution in [0.25, 0.3) is 0 Å². The largest absolute Gasteiger partial charge is 0.311 e. The molecular formula is C47H56N2. The third-order valence-electron chi connectivity index (χ3n) is 12.6. The summed E-state index contributed by atoms with van der Waals surface area (Å²) in [5.74, 6) is 2.18. The van der Waals surface area contributed by atoms with Gasteiger partial charge in [-0.2, -0.15) is 0 Å². The maximum Gasteiger partial charge on any atom is 0.0463 e. The van der Waals surface area contributed by atoms with Crippen LogP contribution >= 0.6 is 0 Å². The van der Waals surface area contributed by atoms with Crippen molar-refractivity contribution in [2.45, 2.75) is 91.9 Å². The molecule has 0 bridgehead atoms. The minimum Gasteiger partial charge on any atom is -0.311 e. The van der Waals surface area contributed by atoms with Gasteiger partial charge in [-0.1, -0.05) is 122 Å². The molecule has 1 saturated carbocycles. The Balaban J connectivity index is 1.30. The third kappa shape index (κ3) is 6.80. The molecule has 2 nitrogen and oxygen atoms in total. The van der Waals surface area contributed by atoms with Gasteiger partial charge >= 0.3 is 0 Å². The van der Waals surface area contributed by atoms with Gasteiger partial charge in [-0.15, -0.1) is 0 Å². The highest BCUT2D eigenvalue weighted by Gasteiger charge is 2.46. The molecule has 0 spiro atoms. The van der Waals surface area contributed by atoms with Crippen LogP contribution in [-0.4, -0.2) is 0 Å². The van der Waals surface area contributed by atoms with Crippen LogP contribution in [0.5, 0.6) is 0 Å². The molecule has 3 atom stereocenters. The summed E-state index contributed by atoms with van der Waals surface area (Å²) in [6.45, 7) is 16.7. The van der Waals surface area contributed by atoms with Gasteiger partial charge in [0.2, 0.25) is 0 Å². The van der Waals surface area contributed by atoms with Crippen molar-refractivity contribution in [3.63, 3.8) is 0 Å². The number of rotatable bonds is 13. The molecule has 1 aliphatic carbocycles. The van der Waals surface area contributed by atoms with Crippen LogP contribution in [0.4, 0.5) is 34.1 Å². The lowest BCUT2D eigenvalue weighted by atomic mass is 9.52. The van der Waals surface area contributed by atoms with Gasteiger partial charge < -0.3 is 9.80 Å². The molecule has 1 fully saturated rings. The Labute approximate surface area is 296 Å². The molecule has 0 amide bonds. The number of benzene rings is 5. The third-order valence-corrected chi connectivity index (χ3v) is 12.6. The molecule has 1 aliphatic rings. The smallest absolute Gasteiger partial charge is 0.0463 e. The van der Waals surface area contributed by atoms with Crippen LogP contribution in [0.1, 0.15) is 97.6 Å². The van der Waals surface area contributed by atoms with Crippen molar-refractivity contribution in [3.8, 4) is 0 Å². The molecule has 254 valence electrons. The van der Waals surface area contributed by atoms with E-state index in [-0.39, 0.29) is 5.41 Å². The van der Waals surface area contributed by atoms with E-state index in [0.717, 1.165) is 47.4 Å². The highest BCUT2D eigenvalue weighted by atomic mass is 15.2. The maximum absolute atomic E-state index is 2.50. The molecule has 49 heavy (non-hydrogen) atoms. The highest BCUT2D eigenvalue weighted by molar-refractivity contribution is 5.81. The van der Waals surface area contributed by atoms with E-state index in [4.69, 9.17) is 0 Å². The summed E-state index contributed by atoms with van der Waals surface area (Å²) in [5.41, 5.74) is 10.5. The van der Waals surface area contributed by atoms with Crippen molar-refractivity contribution in [1.82, 2.24) is 0 Å². The van der Waals surface area contributed by atoms with Crippen LogP contribution < -0.4 is 9.80 Å². The van der Waals surface area contributed by atoms with Crippen molar-refractivity contribution in [1.29, 1.82) is 0 Å². The Bertz CT molecular complexity index is 1750. The van der Waals surface area contributed by atoms with Gasteiger partial charge in [0.25, 0.3) is 0 Å². The summed E-state index contributed by atoms with van der Waals surface area (Å²) in [7, 11) is 0. The molecule has 6 rings (SSSR count). The lowest BCUT2D eigenvalue weighted by molar-refractivity contribution is 0.0103. The molecular weight excluding hydrogens is 593 g/mol. The van der Waals surface area contributed by atoms with Crippen LogP contribution in [-0.2, 0) is 5.41 Å². The van der Waals surface area contributed by atoms with Crippen molar-refractivity contribution in [2.75, 3.05) is 9.80 Å². The second kappa shape index (κ2) is 14.7. The SMILES string of the molecule is CCC(C)(CC)c1ccc(N(c2ccccc2)c2ccc(N(c3ccccc3)c3ccc(C4CC(C(C)(CC)CC)C4C)cc3)cc2)cc1. The summed E-state index contributed by atoms with van der Waals surface area (Å²) in [5, 5.41) is 0. The first kappa shape index (κ1) is 34.6. The quantitative estimate of drug-likeness (QED) is 0.125. The maximum atomic E-state index is 2.50. The van der Waals surface area contributed by atoms with E-state index in [9.17, 15) is 0 Å². The fourth-order valence-electron chi connectivity index (χ4n) is 8.26. The molecule has 5 aromatic carbocycles. The average Bonchev–Trinajstić information content (AvgIpc) is 3.16. The van der Waals surface area contributed by atoms with Crippen molar-refractivity contribution >= 4 is 34.1 Å². The number of nitrogens with zero attached hydrogens (tertiary/aromatic N) is 2. The lowest BCUT2D eigenvalue weighted by Gasteiger charge is -2.52. The predicted octanol–water partition coefficient (Wildman–Crippen LogP) is 14.3. The number of hydrogen-bond acceptors (Lipinski definition) is 2. The summed E-state index contributed by atoms with van der Waals surface area (Å²) < 4.78 is 0. The Hall–Kier alpha value is -4.30. The molecule has 3 unspecified atom stereocenters. The summed E-state index contributed by atoms with van der Waals surface area (Å²) >= 11 is 0. The van der Waals surface area contributed by atoms with Gasteiger partial charge in [-0.05, 0) is 132 Å². The van der Waals surface area contributed by atoms with Crippen LogP contribution in [0.2, 0.25) is 0 Å². The van der Waals surface area contributed by atoms with Crippen LogP contribution in [0.3, 0.4) is 0 Å². The molecule has 0 aliphatic heterocycles. The molecule has 0 radical (unpaired) electrons. The summed E-state index contributed by atoms with van der Waals surface area (Å²) in [4.78, 5) is 4.74. The van der Waals surface area contributed by atoms with E-state index in [2.05, 4.69) is 192 Å². The van der Waals surface area contributed by atoms with Gasteiger partial charge in [0.1, 0.15) is 0 Å². The minimum atomic E-state index is 0.195. The van der Waals surface area contributed by atoms with Crippen molar-refractivity contribution < 1.29 is 0 Å². The topological polar surface area (TPSA) is 6.48 Å². The van der Waals surface area contributed by atoms with E-state index < -0.39 is 0 Å². The second-order valence-corrected chi connectivity index (χ2v) is 14.9. The van der Waals surface area contributed by atoms with E-state index >= 15 is 0 Å². The second-order valence-electron chi connectivity index (χ2n) is 14.9. The monoisotopic (exact) mass is 648 g/mol. The van der Waals surface area contributed by atoms with E-state index in [1.807, 2.05) is 0 Å². The summed E-state index contributed by atoms with van der Waals surface area (Å²) in [6, 6.07) is 49.2. The normalized spacial score (nSPS) is 17.7. The zero-order valence-corrected chi connectivity index (χ0v) is 30.9. The molecule has 0 aromatic heterocycles. The molecule has 5 aromatic rings. The lowest BCUT2D eigenvalue weighted by Crippen LogP contribution is -2.43. The minimum absolute atomic E-state index is 0.195. The van der Waals surface area contributed by atoms with Gasteiger partial charge in [0, 0.05) is 34.1 Å². The highest BCUT2D eigenvalue weighted by Crippen LogP contribution is 2.57. The van der Waals surface area contributed by atoms with Crippen molar-refractivity contribution in [3.05, 3.63) is 145 Å². The standard InChI is InChI=1S/C47H56N2/c1-8-46(6,9-2)37-24-28-41(29-25-37)49(39-20-16-13-17-21-39)43-32-30-42(31-33-43)48(38-18-14-12-15-19-38)40-26-22-36(23-27-40)44-34-45(35(44)5)47(7,10-3)11-4/h12-33,35,44-45H,8-11,34H2,1-7H3. The predicted molar refractivity (Wildman–Crippen MR) is 212 cm³/mol. The Morgan fingerprint density at radius 3 is 1.22 bits per heavy atom. The number of para-hydroxylation sites is 2. The Morgan fingerprint density at radius 1 is 0.490 bits per heavy atom. The van der Waals surface area contributed by atoms with Crippen molar-refractivity contribution in [2.24, 2.45) is 17.3 Å². The fraction of sp³-hybridized carbons (Fsp3) is 0.362. The summed E-state index contributed by atoms with van der Waals surface area (Å²) in [6.07, 6.45) is 6.10. The van der Waals surface area contributed by atoms with Gasteiger partial charge in [0.05, 0.1) is 0 Å². The van der Waals surface area contributed by atoms with E-state index in [1.54, 1.807) is 0 Å². The zero-order valence-electron chi connectivity index (χ0n) is 30.9. The Morgan fingerprint density at radius 2 is 0.857 bits per heavy atom. The van der Waals surface area contributed by atoms with Crippen LogP contribution in [0, 0.1) is 17.3 Å². The molecule has 0 heterocycles. The molecule has 0 N–H and O–H groups in total. The van der Waals surface area contributed by atoms with E-state index in [1.165, 1.54) is 41.8 Å². The van der Waals surface area contributed by atoms with Gasteiger partial charge in [-0.25, -0.2) is 0 Å². The van der Waals surface area contributed by atoms with Gasteiger partial charge in [-0.3, -0.25) is 0 Å². The first-order valence-corrected chi connectivity index (χ1v) is 18.8. The first-order valence-electron chi connectivity index (χ1n) is 18.8. The number of anilines is 6. The van der Waals surface area contributed by atoms with Gasteiger partial charge in [0.15, 0.2) is 0 Å². The average molecular weight is 649 g/mol. The van der Waals surface area contributed by atoms with Crippen LogP contribution in [0.15, 0.2) is 133 Å². The van der Waals surface area contributed by atoms with E-state index in [0.29, 0.717) is 11.3 Å². The number of hydrogen-bond donors (Lipinski definition) is 0. The fourth-order valence-corrected chi connectivity index (χ4v) is 8.26. The Kier molecular flexibility index (Phi) is 10.3. The molecule has 2 heteroatoms. The molecule has 0 saturated heterocycles.